The van der Waals surface area contributed by atoms with E-state index in [2.05, 4.69) is 6.92 Å². The summed E-state index contributed by atoms with van der Waals surface area (Å²) in [5.41, 5.74) is 0. The highest BCUT2D eigenvalue weighted by molar-refractivity contribution is 4.52. The van der Waals surface area contributed by atoms with Gasteiger partial charge in [0.2, 0.25) is 6.54 Å². The fraction of sp³-hybridized carbons (Fsp3) is 1.00. The zero-order valence-corrected chi connectivity index (χ0v) is 25.6. The third-order valence-electron chi connectivity index (χ3n) is 8.19. The fourth-order valence-electron chi connectivity index (χ4n) is 5.62. The molecule has 0 heterocycles. The number of hydrogen-bond acceptors (Lipinski definition) is 2. The van der Waals surface area contributed by atoms with Gasteiger partial charge in [-0.3, -0.25) is 10.1 Å². The van der Waals surface area contributed by atoms with Gasteiger partial charge in [0, 0.05) is 11.3 Å². The van der Waals surface area contributed by atoms with Crippen molar-refractivity contribution in [2.75, 3.05) is 6.54 Å². The van der Waals surface area contributed by atoms with Gasteiger partial charge in [-0.2, -0.15) is 0 Å². The maximum atomic E-state index is 10.3. The molecule has 3 nitrogen and oxygen atoms in total. The predicted octanol–water partition coefficient (Wildman–Crippen LogP) is 12.8. The van der Waals surface area contributed by atoms with Gasteiger partial charge in [0.05, 0.1) is 0 Å². The van der Waals surface area contributed by atoms with Crippen LogP contribution in [0.5, 0.6) is 0 Å². The summed E-state index contributed by atoms with van der Waals surface area (Å²) in [5, 5.41) is 10.3. The summed E-state index contributed by atoms with van der Waals surface area (Å²) in [6.45, 7) is 2.45. The maximum Gasteiger partial charge on any atom is 0.203 e. The van der Waals surface area contributed by atoms with Crippen LogP contribution in [0, 0.1) is 10.1 Å². The number of nitrogens with zero attached hydrogens (tertiary/aromatic N) is 1. The average Bonchev–Trinajstić information content (AvgIpc) is 2.89. The molecule has 0 amide bonds. The summed E-state index contributed by atoms with van der Waals surface area (Å²) in [7, 11) is 0. The van der Waals surface area contributed by atoms with E-state index in [9.17, 15) is 10.1 Å². The van der Waals surface area contributed by atoms with E-state index in [0.717, 1.165) is 12.8 Å². The summed E-state index contributed by atoms with van der Waals surface area (Å²) in [5.74, 6) is 0. The fourth-order valence-corrected chi connectivity index (χ4v) is 5.62. The molecule has 0 aromatic rings. The zero-order chi connectivity index (χ0) is 26.9. The van der Waals surface area contributed by atoms with Crippen LogP contribution < -0.4 is 0 Å². The molecule has 0 fully saturated rings. The van der Waals surface area contributed by atoms with E-state index >= 15 is 0 Å². The van der Waals surface area contributed by atoms with Crippen molar-refractivity contribution in [3.05, 3.63) is 10.1 Å². The molecule has 0 atom stereocenters. The number of hydrogen-bond donors (Lipinski definition) is 0. The Kier molecular flexibility index (Phi) is 32.9. The Bertz CT molecular complexity index is 426. The molecule has 222 valence electrons. The largest absolute Gasteiger partial charge is 0.265 e. The SMILES string of the molecule is CCCCCCCCCCCCCCCCCCCCCCCCCCCCCCCCCC[N+](=O)[O-]. The van der Waals surface area contributed by atoms with Gasteiger partial charge in [0.15, 0.2) is 0 Å². The standard InChI is InChI=1S/C34H69NO2/c1-2-3-4-5-6-7-8-9-10-11-12-13-14-15-16-17-18-19-20-21-22-23-24-25-26-27-28-29-30-31-32-33-34-35(36)37/h2-34H2,1H3. The van der Waals surface area contributed by atoms with Crippen molar-refractivity contribution in [2.45, 2.75) is 212 Å². The molecule has 0 bridgehead atoms. The van der Waals surface area contributed by atoms with E-state index in [-0.39, 0.29) is 11.5 Å². The van der Waals surface area contributed by atoms with E-state index < -0.39 is 0 Å². The summed E-state index contributed by atoms with van der Waals surface area (Å²) in [4.78, 5) is 10.1. The Balaban J connectivity index is 3.02. The number of rotatable bonds is 33. The molecular formula is C34H69NO2. The first kappa shape index (κ1) is 36.4. The lowest BCUT2D eigenvalue weighted by Gasteiger charge is -2.04. The lowest BCUT2D eigenvalue weighted by atomic mass is 10.0. The van der Waals surface area contributed by atoms with Crippen LogP contribution in [0.15, 0.2) is 0 Å². The van der Waals surface area contributed by atoms with Crippen LogP contribution >= 0.6 is 0 Å². The summed E-state index contributed by atoms with van der Waals surface area (Å²) < 4.78 is 0. The number of nitro groups is 1. The van der Waals surface area contributed by atoms with E-state index in [1.165, 1.54) is 193 Å². The van der Waals surface area contributed by atoms with E-state index in [0.29, 0.717) is 0 Å². The van der Waals surface area contributed by atoms with Crippen molar-refractivity contribution >= 4 is 0 Å². The topological polar surface area (TPSA) is 43.1 Å². The van der Waals surface area contributed by atoms with Gasteiger partial charge < -0.3 is 0 Å². The van der Waals surface area contributed by atoms with E-state index in [1.54, 1.807) is 0 Å². The molecule has 0 spiro atoms. The summed E-state index contributed by atoms with van der Waals surface area (Å²) >= 11 is 0. The van der Waals surface area contributed by atoms with Crippen LogP contribution in [0.4, 0.5) is 0 Å². The highest BCUT2D eigenvalue weighted by atomic mass is 16.6. The minimum absolute atomic E-state index is 0.152. The van der Waals surface area contributed by atoms with Crippen molar-refractivity contribution in [2.24, 2.45) is 0 Å². The Labute approximate surface area is 233 Å². The van der Waals surface area contributed by atoms with E-state index in [1.807, 2.05) is 0 Å². The van der Waals surface area contributed by atoms with Crippen LogP contribution in [-0.4, -0.2) is 11.5 Å². The molecule has 0 N–H and O–H groups in total. The smallest absolute Gasteiger partial charge is 0.203 e. The molecule has 0 aliphatic rings. The highest BCUT2D eigenvalue weighted by Gasteiger charge is 1.98. The van der Waals surface area contributed by atoms with Gasteiger partial charge in [-0.1, -0.05) is 200 Å². The summed E-state index contributed by atoms with van der Waals surface area (Å²) in [6.07, 6.45) is 44.7. The lowest BCUT2D eigenvalue weighted by molar-refractivity contribution is -0.480. The Hall–Kier alpha value is -0.600. The molecule has 0 saturated carbocycles. The molecule has 0 unspecified atom stereocenters. The highest BCUT2D eigenvalue weighted by Crippen LogP contribution is 2.16. The van der Waals surface area contributed by atoms with E-state index in [4.69, 9.17) is 0 Å². The van der Waals surface area contributed by atoms with Crippen molar-refractivity contribution in [1.82, 2.24) is 0 Å². The Morgan fingerprint density at radius 2 is 0.486 bits per heavy atom. The minimum Gasteiger partial charge on any atom is -0.265 e. The number of unbranched alkanes of at least 4 members (excludes halogenated alkanes) is 31. The van der Waals surface area contributed by atoms with Gasteiger partial charge in [0.25, 0.3) is 0 Å². The van der Waals surface area contributed by atoms with Gasteiger partial charge in [-0.25, -0.2) is 0 Å². The normalized spacial score (nSPS) is 11.4. The molecule has 0 aromatic heterocycles. The molecule has 0 saturated heterocycles. The molecule has 0 aromatic carbocycles. The molecule has 37 heavy (non-hydrogen) atoms. The van der Waals surface area contributed by atoms with Crippen LogP contribution in [0.3, 0.4) is 0 Å². The molecule has 3 heteroatoms. The second kappa shape index (κ2) is 33.4. The van der Waals surface area contributed by atoms with Crippen molar-refractivity contribution in [1.29, 1.82) is 0 Å². The first-order chi connectivity index (χ1) is 18.3. The lowest BCUT2D eigenvalue weighted by Crippen LogP contribution is -1.99. The van der Waals surface area contributed by atoms with Crippen LogP contribution in [0.1, 0.15) is 212 Å². The first-order valence-electron chi connectivity index (χ1n) is 17.4. The molecule has 0 aliphatic heterocycles. The third kappa shape index (κ3) is 35.4. The van der Waals surface area contributed by atoms with Gasteiger partial charge in [-0.15, -0.1) is 0 Å². The third-order valence-corrected chi connectivity index (χ3v) is 8.19. The van der Waals surface area contributed by atoms with Crippen molar-refractivity contribution in [3.63, 3.8) is 0 Å². The minimum atomic E-state index is -0.192. The van der Waals surface area contributed by atoms with Gasteiger partial charge >= 0.3 is 0 Å². The van der Waals surface area contributed by atoms with Gasteiger partial charge in [0.1, 0.15) is 0 Å². The predicted molar refractivity (Wildman–Crippen MR) is 165 cm³/mol. The zero-order valence-electron chi connectivity index (χ0n) is 25.6. The molecule has 0 aliphatic carbocycles. The second-order valence-electron chi connectivity index (χ2n) is 12.0. The Morgan fingerprint density at radius 3 is 0.649 bits per heavy atom. The molecular weight excluding hydrogens is 454 g/mol. The van der Waals surface area contributed by atoms with Crippen LogP contribution in [-0.2, 0) is 0 Å². The van der Waals surface area contributed by atoms with Crippen molar-refractivity contribution in [3.8, 4) is 0 Å². The first-order valence-corrected chi connectivity index (χ1v) is 17.4. The summed E-state index contributed by atoms with van der Waals surface area (Å²) in [6, 6.07) is 0. The Morgan fingerprint density at radius 1 is 0.324 bits per heavy atom. The van der Waals surface area contributed by atoms with Crippen LogP contribution in [0.2, 0.25) is 0 Å². The monoisotopic (exact) mass is 524 g/mol. The average molecular weight is 524 g/mol. The van der Waals surface area contributed by atoms with Crippen LogP contribution in [0.25, 0.3) is 0 Å². The quantitative estimate of drug-likeness (QED) is 0.0487. The molecule has 0 radical (unpaired) electrons. The maximum absolute atomic E-state index is 10.3. The molecule has 0 rings (SSSR count). The van der Waals surface area contributed by atoms with Gasteiger partial charge in [-0.05, 0) is 6.42 Å². The second-order valence-corrected chi connectivity index (χ2v) is 12.0. The van der Waals surface area contributed by atoms with Crippen molar-refractivity contribution < 1.29 is 4.92 Å².